The molecule has 0 spiro atoms. The first-order chi connectivity index (χ1) is 17.7. The van der Waals surface area contributed by atoms with E-state index in [1.165, 1.54) is 0 Å². The third kappa shape index (κ3) is 5.58. The summed E-state index contributed by atoms with van der Waals surface area (Å²) in [4.78, 5) is 15.1. The molecule has 7 heteroatoms. The molecule has 7 nitrogen and oxygen atoms in total. The van der Waals surface area contributed by atoms with E-state index in [2.05, 4.69) is 40.2 Å². The van der Waals surface area contributed by atoms with Crippen molar-refractivity contribution in [3.8, 4) is 11.1 Å². The monoisotopic (exact) mass is 503 g/mol. The number of aliphatic hydroxyl groups is 1. The zero-order chi connectivity index (χ0) is 26.0. The zero-order valence-corrected chi connectivity index (χ0v) is 22.0. The molecule has 0 aliphatic carbocycles. The van der Waals surface area contributed by atoms with Crippen molar-refractivity contribution in [2.45, 2.75) is 69.7 Å². The van der Waals surface area contributed by atoms with Crippen LogP contribution < -0.4 is 0 Å². The summed E-state index contributed by atoms with van der Waals surface area (Å²) in [5, 5.41) is 15.2. The van der Waals surface area contributed by atoms with Gasteiger partial charge in [0.2, 0.25) is 0 Å². The minimum absolute atomic E-state index is 0.137. The summed E-state index contributed by atoms with van der Waals surface area (Å²) >= 11 is 0. The van der Waals surface area contributed by atoms with Gasteiger partial charge in [-0.1, -0.05) is 54.6 Å². The Morgan fingerprint density at radius 2 is 1.78 bits per heavy atom. The molecule has 1 amide bonds. The van der Waals surface area contributed by atoms with Crippen molar-refractivity contribution < 1.29 is 19.4 Å². The van der Waals surface area contributed by atoms with Crippen LogP contribution in [-0.2, 0) is 15.1 Å². The van der Waals surface area contributed by atoms with Gasteiger partial charge >= 0.3 is 6.09 Å². The van der Waals surface area contributed by atoms with Crippen LogP contribution in [0, 0.1) is 0 Å². The maximum absolute atomic E-state index is 13.3. The predicted molar refractivity (Wildman–Crippen MR) is 142 cm³/mol. The molecular formula is C30H37N3O4. The van der Waals surface area contributed by atoms with E-state index in [0.29, 0.717) is 25.4 Å². The molecule has 37 heavy (non-hydrogen) atoms. The van der Waals surface area contributed by atoms with Gasteiger partial charge in [0.05, 0.1) is 23.9 Å². The highest BCUT2D eigenvalue weighted by atomic mass is 16.6. The van der Waals surface area contributed by atoms with Crippen molar-refractivity contribution in [2.75, 3.05) is 19.8 Å². The number of carbonyl (C=O) groups is 1. The third-order valence-corrected chi connectivity index (χ3v) is 7.65. The largest absolute Gasteiger partial charge is 0.438 e. The molecule has 2 fully saturated rings. The molecule has 2 saturated heterocycles. The highest BCUT2D eigenvalue weighted by Gasteiger charge is 2.46. The minimum Gasteiger partial charge on any atom is -0.438 e. The van der Waals surface area contributed by atoms with Crippen LogP contribution in [0.15, 0.2) is 67.0 Å². The average molecular weight is 504 g/mol. The SMILES string of the molecule is C[C@@H](c1ccc(-c2cnn(C3CCOCC3)c2)cc1)N1CCC(CC(C)(C)O)(c2ccccc2)OC1=O. The fourth-order valence-corrected chi connectivity index (χ4v) is 5.66. The second kappa shape index (κ2) is 10.3. The molecule has 1 unspecified atom stereocenters. The molecule has 196 valence electrons. The van der Waals surface area contributed by atoms with E-state index in [1.54, 1.807) is 18.7 Å². The fourth-order valence-electron chi connectivity index (χ4n) is 5.66. The fraction of sp³-hybridized carbons (Fsp3) is 0.467. The molecule has 2 aliphatic rings. The quantitative estimate of drug-likeness (QED) is 0.437. The molecule has 3 aromatic rings. The number of benzene rings is 2. The number of hydrogen-bond acceptors (Lipinski definition) is 5. The lowest BCUT2D eigenvalue weighted by Crippen LogP contribution is -2.51. The topological polar surface area (TPSA) is 76.8 Å². The van der Waals surface area contributed by atoms with E-state index in [-0.39, 0.29) is 12.1 Å². The smallest absolute Gasteiger partial charge is 0.411 e. The van der Waals surface area contributed by atoms with Gasteiger partial charge in [-0.15, -0.1) is 0 Å². The molecule has 2 atom stereocenters. The summed E-state index contributed by atoms with van der Waals surface area (Å²) in [5.74, 6) is 0. The normalized spacial score (nSPS) is 22.1. The first-order valence-corrected chi connectivity index (χ1v) is 13.2. The summed E-state index contributed by atoms with van der Waals surface area (Å²) in [6.07, 6.45) is 6.61. The van der Waals surface area contributed by atoms with Gasteiger partial charge in [0.1, 0.15) is 5.60 Å². The number of carbonyl (C=O) groups excluding carboxylic acids is 1. The first kappa shape index (κ1) is 25.5. The molecule has 0 saturated carbocycles. The summed E-state index contributed by atoms with van der Waals surface area (Å²) in [6, 6.07) is 18.4. The number of ether oxygens (including phenoxy) is 2. The lowest BCUT2D eigenvalue weighted by molar-refractivity contribution is -0.101. The van der Waals surface area contributed by atoms with Crippen LogP contribution >= 0.6 is 0 Å². The number of hydrogen-bond donors (Lipinski definition) is 1. The van der Waals surface area contributed by atoms with Crippen LogP contribution in [0.25, 0.3) is 11.1 Å². The van der Waals surface area contributed by atoms with Gasteiger partial charge in [0, 0.05) is 44.4 Å². The summed E-state index contributed by atoms with van der Waals surface area (Å²) in [5.41, 5.74) is 2.33. The lowest BCUT2D eigenvalue weighted by atomic mass is 9.80. The number of amides is 1. The van der Waals surface area contributed by atoms with E-state index >= 15 is 0 Å². The Morgan fingerprint density at radius 1 is 1.08 bits per heavy atom. The van der Waals surface area contributed by atoms with Crippen molar-refractivity contribution in [3.05, 3.63) is 78.1 Å². The summed E-state index contributed by atoms with van der Waals surface area (Å²) in [6.45, 7) is 7.67. The van der Waals surface area contributed by atoms with Crippen LogP contribution in [0.2, 0.25) is 0 Å². The van der Waals surface area contributed by atoms with Crippen LogP contribution in [0.5, 0.6) is 0 Å². The van der Waals surface area contributed by atoms with Gasteiger partial charge in [-0.25, -0.2) is 4.79 Å². The molecule has 3 heterocycles. The van der Waals surface area contributed by atoms with Crippen molar-refractivity contribution in [1.29, 1.82) is 0 Å². The zero-order valence-electron chi connectivity index (χ0n) is 22.0. The number of aromatic nitrogens is 2. The minimum atomic E-state index is -0.974. The molecule has 2 aromatic carbocycles. The maximum Gasteiger partial charge on any atom is 0.411 e. The number of rotatable bonds is 7. The molecule has 0 radical (unpaired) electrons. The van der Waals surface area contributed by atoms with Gasteiger partial charge in [-0.3, -0.25) is 4.68 Å². The van der Waals surface area contributed by atoms with Crippen molar-refractivity contribution in [1.82, 2.24) is 14.7 Å². The molecule has 2 aliphatic heterocycles. The molecule has 1 aromatic heterocycles. The standard InChI is InChI=1S/C30H37N3O4/c1-22(23-9-11-24(12-10-23)25-19-31-33(20-25)27-13-17-36-18-14-27)32-16-15-30(37-28(32)34,21-29(2,3)35)26-7-5-4-6-8-26/h4-12,19-20,22,27,35H,13-18,21H2,1-3H3/t22-,30?/m0/s1. The van der Waals surface area contributed by atoms with E-state index in [0.717, 1.165) is 48.3 Å². The van der Waals surface area contributed by atoms with Crippen molar-refractivity contribution in [2.24, 2.45) is 0 Å². The Morgan fingerprint density at radius 3 is 2.43 bits per heavy atom. The second-order valence-electron chi connectivity index (χ2n) is 11.0. The van der Waals surface area contributed by atoms with Crippen molar-refractivity contribution >= 4 is 6.09 Å². The van der Waals surface area contributed by atoms with E-state index in [1.807, 2.05) is 43.5 Å². The van der Waals surface area contributed by atoms with Crippen LogP contribution in [0.1, 0.15) is 69.7 Å². The number of nitrogens with zero attached hydrogens (tertiary/aromatic N) is 3. The van der Waals surface area contributed by atoms with E-state index in [4.69, 9.17) is 9.47 Å². The number of cyclic esters (lactones) is 1. The van der Waals surface area contributed by atoms with Crippen molar-refractivity contribution in [3.63, 3.8) is 0 Å². The Bertz CT molecular complexity index is 1200. The highest BCUT2D eigenvalue weighted by molar-refractivity contribution is 5.70. The van der Waals surface area contributed by atoms with E-state index < -0.39 is 11.2 Å². The van der Waals surface area contributed by atoms with Gasteiger partial charge in [-0.2, -0.15) is 5.10 Å². The van der Waals surface area contributed by atoms with Gasteiger partial charge < -0.3 is 19.5 Å². The lowest BCUT2D eigenvalue weighted by Gasteiger charge is -2.45. The summed E-state index contributed by atoms with van der Waals surface area (Å²) < 4.78 is 13.7. The van der Waals surface area contributed by atoms with Gasteiger partial charge in [-0.05, 0) is 50.3 Å². The van der Waals surface area contributed by atoms with Gasteiger partial charge in [0.25, 0.3) is 0 Å². The molecule has 0 bridgehead atoms. The average Bonchev–Trinajstić information content (AvgIpc) is 3.39. The van der Waals surface area contributed by atoms with Crippen LogP contribution in [0.3, 0.4) is 0 Å². The van der Waals surface area contributed by atoms with Crippen LogP contribution in [0.4, 0.5) is 4.79 Å². The first-order valence-electron chi connectivity index (χ1n) is 13.2. The second-order valence-corrected chi connectivity index (χ2v) is 11.0. The van der Waals surface area contributed by atoms with E-state index in [9.17, 15) is 9.90 Å². The molecule has 1 N–H and O–H groups in total. The predicted octanol–water partition coefficient (Wildman–Crippen LogP) is 5.86. The summed E-state index contributed by atoms with van der Waals surface area (Å²) in [7, 11) is 0. The Kier molecular flexibility index (Phi) is 7.10. The molecule has 5 rings (SSSR count). The molecular weight excluding hydrogens is 466 g/mol. The Balaban J connectivity index is 1.29. The maximum atomic E-state index is 13.3. The van der Waals surface area contributed by atoms with Crippen LogP contribution in [-0.4, -0.2) is 51.2 Å². The Labute approximate surface area is 219 Å². The Hall–Kier alpha value is -3.16. The van der Waals surface area contributed by atoms with Gasteiger partial charge in [0.15, 0.2) is 0 Å². The third-order valence-electron chi connectivity index (χ3n) is 7.65. The highest BCUT2D eigenvalue weighted by Crippen LogP contribution is 2.42.